The van der Waals surface area contributed by atoms with Crippen molar-refractivity contribution in [1.29, 1.82) is 0 Å². The Morgan fingerprint density at radius 1 is 1.36 bits per heavy atom. The number of aromatic nitrogens is 1. The molecule has 0 aliphatic rings. The summed E-state index contributed by atoms with van der Waals surface area (Å²) in [6.07, 6.45) is 2.83. The zero-order chi connectivity index (χ0) is 8.32. The molecule has 1 unspecified atom stereocenters. The van der Waals surface area contributed by atoms with E-state index in [0.717, 1.165) is 11.4 Å². The molecule has 0 radical (unpaired) electrons. The van der Waals surface area contributed by atoms with Crippen molar-refractivity contribution in [3.05, 3.63) is 30.6 Å². The normalized spacial score (nSPS) is 15.8. The van der Waals surface area contributed by atoms with Gasteiger partial charge in [-0.1, -0.05) is 6.07 Å². The molecule has 1 heterocycles. The van der Waals surface area contributed by atoms with E-state index in [2.05, 4.69) is 4.52 Å². The van der Waals surface area contributed by atoms with Gasteiger partial charge in [0.05, 0.1) is 0 Å². The van der Waals surface area contributed by atoms with E-state index in [1.165, 1.54) is 12.4 Å². The molecule has 0 aliphatic carbocycles. The van der Waals surface area contributed by atoms with Gasteiger partial charge in [0.25, 0.3) is 0 Å². The lowest BCUT2D eigenvalue weighted by molar-refractivity contribution is -0.572. The highest BCUT2D eigenvalue weighted by atomic mass is 31.2. The topological polar surface area (TPSA) is 53.2 Å². The second-order valence-electron chi connectivity index (χ2n) is 1.91. The Morgan fingerprint density at radius 2 is 1.91 bits per heavy atom. The second kappa shape index (κ2) is 3.13. The van der Waals surface area contributed by atoms with Gasteiger partial charge >= 0.3 is 7.75 Å². The van der Waals surface area contributed by atoms with Gasteiger partial charge in [0, 0.05) is 19.2 Å². The highest BCUT2D eigenvalue weighted by Gasteiger charge is 2.16. The lowest BCUT2D eigenvalue weighted by atomic mass is 10.5. The van der Waals surface area contributed by atoms with Gasteiger partial charge in [-0.15, -0.1) is 0 Å². The Balaban J connectivity index is 3.03. The summed E-state index contributed by atoms with van der Waals surface area (Å²) in [6.45, 7) is 0. The molecule has 0 bridgehead atoms. The quantitative estimate of drug-likeness (QED) is 0.588. The first-order chi connectivity index (χ1) is 5.17. The smallest absolute Gasteiger partial charge is 0.407 e. The van der Waals surface area contributed by atoms with Crippen molar-refractivity contribution in [1.82, 2.24) is 0 Å². The molecule has 0 amide bonds. The van der Waals surface area contributed by atoms with Crippen LogP contribution in [0.15, 0.2) is 30.6 Å². The zero-order valence-corrected chi connectivity index (χ0v) is 6.90. The van der Waals surface area contributed by atoms with Gasteiger partial charge < -0.3 is 4.89 Å². The molecule has 0 aromatic carbocycles. The molecule has 11 heavy (non-hydrogen) atoms. The molecule has 4 nitrogen and oxygen atoms in total. The largest absolute Gasteiger partial charge is 0.722 e. The molecular formula is C6H8NO3P. The first-order valence-corrected chi connectivity index (χ1v) is 4.50. The zero-order valence-electron chi connectivity index (χ0n) is 6.01. The Labute approximate surface area is 64.7 Å². The predicted molar refractivity (Wildman–Crippen MR) is 36.7 cm³/mol. The average Bonchev–Trinajstić information content (AvgIpc) is 2.06. The van der Waals surface area contributed by atoms with Gasteiger partial charge in [0.2, 0.25) is 0 Å². The molecule has 1 aromatic heterocycles. The first-order valence-electron chi connectivity index (χ1n) is 3.01. The maximum atomic E-state index is 11.0. The van der Waals surface area contributed by atoms with Gasteiger partial charge in [0.1, 0.15) is 0 Å². The number of nitrogens with zero attached hydrogens (tertiary/aromatic N) is 1. The maximum Gasteiger partial charge on any atom is 0.407 e. The van der Waals surface area contributed by atoms with Crippen LogP contribution in [0.5, 0.6) is 0 Å². The van der Waals surface area contributed by atoms with Gasteiger partial charge in [-0.3, -0.25) is 4.52 Å². The minimum absolute atomic E-state index is 1.02. The van der Waals surface area contributed by atoms with Crippen LogP contribution in [0.2, 0.25) is 0 Å². The number of hydrogen-bond acceptors (Lipinski definition) is 3. The summed E-state index contributed by atoms with van der Waals surface area (Å²) in [4.78, 5) is 11.0. The van der Waals surface area contributed by atoms with Crippen molar-refractivity contribution in [2.24, 2.45) is 0 Å². The van der Waals surface area contributed by atoms with Crippen molar-refractivity contribution in [3.63, 3.8) is 0 Å². The highest BCUT2D eigenvalue weighted by molar-refractivity contribution is 7.43. The van der Waals surface area contributed by atoms with Gasteiger partial charge in [-0.25, -0.2) is 4.57 Å². The van der Waals surface area contributed by atoms with E-state index in [4.69, 9.17) is 0 Å². The lowest BCUT2D eigenvalue weighted by Gasteiger charge is -2.11. The fourth-order valence-electron chi connectivity index (χ4n) is 0.647. The summed E-state index contributed by atoms with van der Waals surface area (Å²) < 4.78 is 16.3. The van der Waals surface area contributed by atoms with Crippen LogP contribution in [0, 0.1) is 0 Å². The van der Waals surface area contributed by atoms with E-state index in [-0.39, 0.29) is 0 Å². The molecular weight excluding hydrogens is 165 g/mol. The predicted octanol–water partition coefficient (Wildman–Crippen LogP) is -0.0630. The number of hydrogen-bond donors (Lipinski definition) is 0. The van der Waals surface area contributed by atoms with Crippen molar-refractivity contribution in [2.45, 2.75) is 0 Å². The van der Waals surface area contributed by atoms with Gasteiger partial charge in [-0.05, 0) is 0 Å². The minimum atomic E-state index is -3.86. The first kappa shape index (κ1) is 8.40. The molecule has 0 saturated heterocycles. The Bertz CT molecular complexity index is 274. The summed E-state index contributed by atoms with van der Waals surface area (Å²) in [7, 11) is -2.73. The van der Waals surface area contributed by atoms with Crippen LogP contribution in [0.3, 0.4) is 0 Å². The van der Waals surface area contributed by atoms with Crippen molar-refractivity contribution in [2.75, 3.05) is 7.11 Å². The summed E-state index contributed by atoms with van der Waals surface area (Å²) >= 11 is 0. The monoisotopic (exact) mass is 173 g/mol. The third-order valence-corrected chi connectivity index (χ3v) is 2.51. The summed E-state index contributed by atoms with van der Waals surface area (Å²) in [5.74, 6) is 0. The molecule has 1 rings (SSSR count). The molecule has 60 valence electrons. The molecule has 0 spiro atoms. The molecule has 1 atom stereocenters. The van der Waals surface area contributed by atoms with Crippen LogP contribution in [0.4, 0.5) is 0 Å². The Morgan fingerprint density at radius 3 is 2.36 bits per heavy atom. The molecule has 5 heteroatoms. The molecule has 0 saturated carbocycles. The Hall–Kier alpha value is -0.700. The molecule has 0 aliphatic heterocycles. The van der Waals surface area contributed by atoms with Crippen LogP contribution in [-0.4, -0.2) is 7.11 Å². The van der Waals surface area contributed by atoms with Crippen LogP contribution in [0.1, 0.15) is 0 Å². The van der Waals surface area contributed by atoms with Crippen molar-refractivity contribution in [3.8, 4) is 0 Å². The van der Waals surface area contributed by atoms with E-state index in [1.54, 1.807) is 18.2 Å². The average molecular weight is 173 g/mol. The van der Waals surface area contributed by atoms with E-state index >= 15 is 0 Å². The summed E-state index contributed by atoms with van der Waals surface area (Å²) in [5.41, 5.74) is 0. The molecule has 0 N–H and O–H groups in total. The summed E-state index contributed by atoms with van der Waals surface area (Å²) in [5, 5.41) is 0. The van der Waals surface area contributed by atoms with Crippen LogP contribution < -0.4 is 9.23 Å². The number of pyridine rings is 1. The van der Waals surface area contributed by atoms with E-state index in [9.17, 15) is 9.46 Å². The van der Waals surface area contributed by atoms with Gasteiger partial charge in [0.15, 0.2) is 12.4 Å². The number of rotatable bonds is 2. The fourth-order valence-corrected chi connectivity index (χ4v) is 1.32. The highest BCUT2D eigenvalue weighted by Crippen LogP contribution is 2.27. The van der Waals surface area contributed by atoms with Crippen LogP contribution in [-0.2, 0) is 9.09 Å². The fraction of sp³-hybridized carbons (Fsp3) is 0.167. The Kier molecular flexibility index (Phi) is 2.39. The molecule has 0 fully saturated rings. The third kappa shape index (κ3) is 1.87. The van der Waals surface area contributed by atoms with E-state index in [1.807, 2.05) is 0 Å². The van der Waals surface area contributed by atoms with Crippen molar-refractivity contribution < 1.29 is 18.3 Å². The van der Waals surface area contributed by atoms with Crippen LogP contribution >= 0.6 is 7.75 Å². The third-order valence-electron chi connectivity index (χ3n) is 1.21. The molecule has 1 aromatic rings. The van der Waals surface area contributed by atoms with Crippen LogP contribution in [0.25, 0.3) is 0 Å². The SMILES string of the molecule is COP(=O)([O-])[n+]1ccccc1. The van der Waals surface area contributed by atoms with E-state index < -0.39 is 7.75 Å². The second-order valence-corrected chi connectivity index (χ2v) is 3.67. The lowest BCUT2D eigenvalue weighted by Crippen LogP contribution is -2.36. The maximum absolute atomic E-state index is 11.0. The van der Waals surface area contributed by atoms with Gasteiger partial charge in [-0.2, -0.15) is 4.34 Å². The van der Waals surface area contributed by atoms with E-state index in [0.29, 0.717) is 0 Å². The van der Waals surface area contributed by atoms with Crippen molar-refractivity contribution >= 4 is 7.75 Å². The summed E-state index contributed by atoms with van der Waals surface area (Å²) in [6, 6.07) is 4.96. The minimum Gasteiger partial charge on any atom is -0.722 e. The standard InChI is InChI=1S/C6H8NO3P/c1-10-11(8,9)7-5-3-2-4-6-7/h2-6H,1H3.